The Labute approximate surface area is 119 Å². The number of nitriles is 1. The average molecular weight is 272 g/mol. The number of carbonyl (C=O) groups excluding carboxylic acids is 1. The summed E-state index contributed by atoms with van der Waals surface area (Å²) >= 11 is 0. The van der Waals surface area contributed by atoms with E-state index in [1.807, 2.05) is 0 Å². The summed E-state index contributed by atoms with van der Waals surface area (Å²) < 4.78 is 0. The number of hydrogen-bond acceptors (Lipinski definition) is 4. The first-order valence-electron chi connectivity index (χ1n) is 7.08. The predicted octanol–water partition coefficient (Wildman–Crippen LogP) is 2.72. The molecule has 2 unspecified atom stereocenters. The Balaban J connectivity index is 2.23. The molecule has 0 radical (unpaired) electrons. The monoisotopic (exact) mass is 272 g/mol. The summed E-state index contributed by atoms with van der Waals surface area (Å²) in [5.74, 6) is 0.430. The van der Waals surface area contributed by atoms with E-state index in [1.54, 1.807) is 18.2 Å². The first kappa shape index (κ1) is 14.5. The fourth-order valence-corrected chi connectivity index (χ4v) is 2.98. The quantitative estimate of drug-likeness (QED) is 0.808. The van der Waals surface area contributed by atoms with Crippen LogP contribution in [0.2, 0.25) is 0 Å². The number of aliphatic hydroxyl groups excluding tert-OH is 1. The number of nitrogens with zero attached hydrogens (tertiary/aromatic N) is 1. The number of Topliss-reactive ketones (excluding diaryl/α,β-unsaturated/α-hetero) is 1. The second-order valence-electron chi connectivity index (χ2n) is 5.38. The molecule has 4 nitrogen and oxygen atoms in total. The van der Waals surface area contributed by atoms with Gasteiger partial charge in [0.1, 0.15) is 0 Å². The molecular formula is C16H20N2O2. The molecule has 1 aliphatic rings. The highest BCUT2D eigenvalue weighted by molar-refractivity contribution is 5.99. The van der Waals surface area contributed by atoms with Crippen molar-refractivity contribution >= 4 is 11.5 Å². The lowest BCUT2D eigenvalue weighted by Crippen LogP contribution is -2.25. The SMILES string of the molecule is CC(=O)c1ccc(C#N)cc1NC1CCCC1CCO. The van der Waals surface area contributed by atoms with Crippen LogP contribution in [0.5, 0.6) is 0 Å². The minimum Gasteiger partial charge on any atom is -0.396 e. The number of rotatable bonds is 5. The standard InChI is InChI=1S/C16H20N2O2/c1-11(20)14-6-5-12(10-17)9-16(14)18-15-4-2-3-13(15)7-8-19/h5-6,9,13,15,18-19H,2-4,7-8H2,1H3. The topological polar surface area (TPSA) is 73.1 Å². The third kappa shape index (κ3) is 3.17. The lowest BCUT2D eigenvalue weighted by molar-refractivity contribution is 0.101. The summed E-state index contributed by atoms with van der Waals surface area (Å²) in [6.07, 6.45) is 4.06. The first-order chi connectivity index (χ1) is 9.65. The van der Waals surface area contributed by atoms with Crippen molar-refractivity contribution in [1.29, 1.82) is 5.26 Å². The summed E-state index contributed by atoms with van der Waals surface area (Å²) in [5.41, 5.74) is 1.92. The zero-order valence-electron chi connectivity index (χ0n) is 11.7. The van der Waals surface area contributed by atoms with Gasteiger partial charge in [0.2, 0.25) is 0 Å². The van der Waals surface area contributed by atoms with Crippen LogP contribution in [-0.4, -0.2) is 23.5 Å². The number of aliphatic hydroxyl groups is 1. The molecular weight excluding hydrogens is 252 g/mol. The Morgan fingerprint density at radius 1 is 1.50 bits per heavy atom. The lowest BCUT2D eigenvalue weighted by Gasteiger charge is -2.22. The molecule has 1 aromatic rings. The second kappa shape index (κ2) is 6.53. The summed E-state index contributed by atoms with van der Waals surface area (Å²) in [6.45, 7) is 1.73. The first-order valence-corrected chi connectivity index (χ1v) is 7.08. The molecule has 0 aliphatic heterocycles. The third-order valence-electron chi connectivity index (χ3n) is 4.03. The summed E-state index contributed by atoms with van der Waals surface area (Å²) in [7, 11) is 0. The van der Waals surface area contributed by atoms with Crippen LogP contribution < -0.4 is 5.32 Å². The fourth-order valence-electron chi connectivity index (χ4n) is 2.98. The van der Waals surface area contributed by atoms with Crippen molar-refractivity contribution < 1.29 is 9.90 Å². The van der Waals surface area contributed by atoms with Gasteiger partial charge in [0, 0.05) is 23.9 Å². The van der Waals surface area contributed by atoms with E-state index in [-0.39, 0.29) is 18.4 Å². The van der Waals surface area contributed by atoms with Gasteiger partial charge >= 0.3 is 0 Å². The van der Waals surface area contributed by atoms with Gasteiger partial charge in [-0.15, -0.1) is 0 Å². The number of benzene rings is 1. The Kier molecular flexibility index (Phi) is 4.75. The van der Waals surface area contributed by atoms with Crippen LogP contribution in [0.15, 0.2) is 18.2 Å². The van der Waals surface area contributed by atoms with Gasteiger partial charge < -0.3 is 10.4 Å². The van der Waals surface area contributed by atoms with E-state index >= 15 is 0 Å². The Hall–Kier alpha value is -1.86. The number of nitrogens with one attached hydrogen (secondary N) is 1. The van der Waals surface area contributed by atoms with Crippen LogP contribution in [-0.2, 0) is 0 Å². The van der Waals surface area contributed by atoms with Gasteiger partial charge in [-0.25, -0.2) is 0 Å². The van der Waals surface area contributed by atoms with Crippen molar-refractivity contribution in [2.24, 2.45) is 5.92 Å². The molecule has 2 atom stereocenters. The maximum Gasteiger partial charge on any atom is 0.161 e. The molecule has 0 spiro atoms. The highest BCUT2D eigenvalue weighted by Crippen LogP contribution is 2.32. The largest absolute Gasteiger partial charge is 0.396 e. The summed E-state index contributed by atoms with van der Waals surface area (Å²) in [4.78, 5) is 11.7. The number of ketones is 1. The van der Waals surface area contributed by atoms with E-state index in [4.69, 9.17) is 10.4 Å². The summed E-state index contributed by atoms with van der Waals surface area (Å²) in [6, 6.07) is 7.49. The molecule has 1 aliphatic carbocycles. The predicted molar refractivity (Wildman–Crippen MR) is 77.6 cm³/mol. The van der Waals surface area contributed by atoms with Crippen molar-refractivity contribution in [2.45, 2.75) is 38.6 Å². The van der Waals surface area contributed by atoms with Gasteiger partial charge in [0.25, 0.3) is 0 Å². The molecule has 1 saturated carbocycles. The van der Waals surface area contributed by atoms with E-state index < -0.39 is 0 Å². The van der Waals surface area contributed by atoms with Gasteiger partial charge in [-0.3, -0.25) is 4.79 Å². The minimum atomic E-state index is -0.00584. The van der Waals surface area contributed by atoms with E-state index in [1.165, 1.54) is 6.92 Å². The number of anilines is 1. The average Bonchev–Trinajstić information content (AvgIpc) is 2.86. The zero-order valence-corrected chi connectivity index (χ0v) is 11.7. The molecule has 0 saturated heterocycles. The molecule has 1 fully saturated rings. The van der Waals surface area contributed by atoms with E-state index in [2.05, 4.69) is 11.4 Å². The molecule has 4 heteroatoms. The molecule has 0 heterocycles. The van der Waals surface area contributed by atoms with Crippen LogP contribution in [0.4, 0.5) is 5.69 Å². The maximum absolute atomic E-state index is 11.7. The third-order valence-corrected chi connectivity index (χ3v) is 4.03. The Morgan fingerprint density at radius 2 is 2.30 bits per heavy atom. The van der Waals surface area contributed by atoms with Crippen LogP contribution in [0.25, 0.3) is 0 Å². The number of carbonyl (C=O) groups is 1. The highest BCUT2D eigenvalue weighted by atomic mass is 16.3. The van der Waals surface area contributed by atoms with Crippen molar-refractivity contribution in [1.82, 2.24) is 0 Å². The van der Waals surface area contributed by atoms with Gasteiger partial charge in [0.15, 0.2) is 5.78 Å². The normalized spacial score (nSPS) is 21.4. The molecule has 2 rings (SSSR count). The fraction of sp³-hybridized carbons (Fsp3) is 0.500. The van der Waals surface area contributed by atoms with Crippen LogP contribution in [0, 0.1) is 17.2 Å². The molecule has 0 bridgehead atoms. The molecule has 20 heavy (non-hydrogen) atoms. The minimum absolute atomic E-state index is 0.00584. The van der Waals surface area contributed by atoms with Crippen LogP contribution >= 0.6 is 0 Å². The summed E-state index contributed by atoms with van der Waals surface area (Å²) in [5, 5.41) is 21.5. The molecule has 0 amide bonds. The highest BCUT2D eigenvalue weighted by Gasteiger charge is 2.27. The van der Waals surface area contributed by atoms with Crippen LogP contribution in [0.3, 0.4) is 0 Å². The molecule has 1 aromatic carbocycles. The van der Waals surface area contributed by atoms with E-state index in [0.29, 0.717) is 17.0 Å². The second-order valence-corrected chi connectivity index (χ2v) is 5.38. The smallest absolute Gasteiger partial charge is 0.161 e. The van der Waals surface area contributed by atoms with Crippen LogP contribution in [0.1, 0.15) is 48.5 Å². The lowest BCUT2D eigenvalue weighted by atomic mass is 9.98. The van der Waals surface area contributed by atoms with Crippen molar-refractivity contribution in [3.05, 3.63) is 29.3 Å². The van der Waals surface area contributed by atoms with Gasteiger partial charge in [-0.05, 0) is 50.3 Å². The number of hydrogen-bond donors (Lipinski definition) is 2. The van der Waals surface area contributed by atoms with Gasteiger partial charge in [-0.2, -0.15) is 5.26 Å². The van der Waals surface area contributed by atoms with E-state index in [0.717, 1.165) is 31.4 Å². The Morgan fingerprint density at radius 3 is 2.95 bits per heavy atom. The molecule has 0 aromatic heterocycles. The maximum atomic E-state index is 11.7. The van der Waals surface area contributed by atoms with Crippen molar-refractivity contribution in [2.75, 3.05) is 11.9 Å². The van der Waals surface area contributed by atoms with Gasteiger partial charge in [0.05, 0.1) is 11.6 Å². The van der Waals surface area contributed by atoms with Crippen molar-refractivity contribution in [3.8, 4) is 6.07 Å². The van der Waals surface area contributed by atoms with Crippen molar-refractivity contribution in [3.63, 3.8) is 0 Å². The molecule has 2 N–H and O–H groups in total. The van der Waals surface area contributed by atoms with E-state index in [9.17, 15) is 4.79 Å². The van der Waals surface area contributed by atoms with Gasteiger partial charge in [-0.1, -0.05) is 6.42 Å². The Bertz CT molecular complexity index is 534. The molecule has 106 valence electrons. The zero-order chi connectivity index (χ0) is 14.5.